The van der Waals surface area contributed by atoms with Crippen molar-refractivity contribution in [3.05, 3.63) is 27.2 Å². The highest BCUT2D eigenvalue weighted by molar-refractivity contribution is 5.95. The van der Waals surface area contributed by atoms with Gasteiger partial charge in [-0.3, -0.25) is 9.59 Å². The van der Waals surface area contributed by atoms with Crippen LogP contribution in [0.4, 0.5) is 0 Å². The van der Waals surface area contributed by atoms with Crippen molar-refractivity contribution >= 4 is 5.91 Å². The molecule has 0 aliphatic rings. The summed E-state index contributed by atoms with van der Waals surface area (Å²) in [4.78, 5) is 25.6. The number of aliphatic hydroxyl groups excluding tert-OH is 2. The number of hydrogen-bond acceptors (Lipinski definition) is 5. The molecule has 0 unspecified atom stereocenters. The van der Waals surface area contributed by atoms with E-state index in [4.69, 9.17) is 10.2 Å². The zero-order valence-corrected chi connectivity index (χ0v) is 11.4. The van der Waals surface area contributed by atoms with Gasteiger partial charge in [0.15, 0.2) is 0 Å². The second-order valence-electron chi connectivity index (χ2n) is 4.25. The van der Waals surface area contributed by atoms with Crippen LogP contribution in [-0.4, -0.2) is 57.1 Å². The van der Waals surface area contributed by atoms with Gasteiger partial charge >= 0.3 is 0 Å². The summed E-state index contributed by atoms with van der Waals surface area (Å²) < 4.78 is 1.12. The number of rotatable bonds is 5. The second kappa shape index (κ2) is 6.44. The topological polar surface area (TPSA) is 95.7 Å². The molecule has 0 bridgehead atoms. The quantitative estimate of drug-likeness (QED) is 0.702. The normalized spacial score (nSPS) is 10.6. The fourth-order valence-electron chi connectivity index (χ4n) is 1.81. The molecule has 0 aromatic carbocycles. The van der Waals surface area contributed by atoms with Crippen LogP contribution in [0, 0.1) is 13.8 Å². The summed E-state index contributed by atoms with van der Waals surface area (Å²) in [5.41, 5.74) is 0.679. The number of hydrogen-bond donors (Lipinski definition) is 2. The van der Waals surface area contributed by atoms with Gasteiger partial charge in [0.25, 0.3) is 11.5 Å². The molecule has 0 saturated heterocycles. The van der Waals surface area contributed by atoms with E-state index in [1.165, 1.54) is 11.9 Å². The summed E-state index contributed by atoms with van der Waals surface area (Å²) in [5.74, 6) is -0.494. The predicted octanol–water partition coefficient (Wildman–Crippen LogP) is -1.18. The van der Waals surface area contributed by atoms with Crippen molar-refractivity contribution in [1.82, 2.24) is 14.7 Å². The number of carbonyl (C=O) groups is 1. The highest BCUT2D eigenvalue weighted by atomic mass is 16.3. The van der Waals surface area contributed by atoms with Crippen molar-refractivity contribution in [3.8, 4) is 0 Å². The number of aryl methyl sites for hydroxylation is 2. The summed E-state index contributed by atoms with van der Waals surface area (Å²) in [6.45, 7) is 3.07. The minimum Gasteiger partial charge on any atom is -0.395 e. The van der Waals surface area contributed by atoms with Gasteiger partial charge in [0.2, 0.25) is 0 Å². The van der Waals surface area contributed by atoms with Crippen LogP contribution in [0.5, 0.6) is 0 Å². The molecule has 0 radical (unpaired) electrons. The molecule has 0 spiro atoms. The third kappa shape index (κ3) is 3.18. The number of carbonyl (C=O) groups excluding carboxylic acids is 1. The molecule has 0 saturated carbocycles. The van der Waals surface area contributed by atoms with Gasteiger partial charge in [0.05, 0.1) is 18.9 Å². The zero-order valence-electron chi connectivity index (χ0n) is 11.4. The highest BCUT2D eigenvalue weighted by Crippen LogP contribution is 2.09. The molecule has 1 amide bonds. The van der Waals surface area contributed by atoms with Crippen LogP contribution in [0.15, 0.2) is 4.79 Å². The lowest BCUT2D eigenvalue weighted by Gasteiger charge is -2.21. The van der Waals surface area contributed by atoms with E-state index in [1.807, 2.05) is 0 Å². The molecule has 7 nitrogen and oxygen atoms in total. The summed E-state index contributed by atoms with van der Waals surface area (Å²) >= 11 is 0. The van der Waals surface area contributed by atoms with E-state index in [0.29, 0.717) is 11.3 Å². The number of amides is 1. The SMILES string of the molecule is Cc1nn(C)c(=O)c(C(=O)N(CCO)CCO)c1C. The summed E-state index contributed by atoms with van der Waals surface area (Å²) in [7, 11) is 1.48. The first kappa shape index (κ1) is 15.3. The maximum absolute atomic E-state index is 12.3. The molecule has 2 N–H and O–H groups in total. The van der Waals surface area contributed by atoms with E-state index >= 15 is 0 Å². The van der Waals surface area contributed by atoms with Crippen LogP contribution < -0.4 is 5.56 Å². The Kier molecular flexibility index (Phi) is 5.20. The van der Waals surface area contributed by atoms with E-state index in [9.17, 15) is 9.59 Å². The molecule has 0 atom stereocenters. The fourth-order valence-corrected chi connectivity index (χ4v) is 1.81. The molecule has 0 aliphatic heterocycles. The van der Waals surface area contributed by atoms with Gasteiger partial charge in [0.1, 0.15) is 5.56 Å². The number of aromatic nitrogens is 2. The molecule has 0 aliphatic carbocycles. The Labute approximate surface area is 111 Å². The molecular weight excluding hydrogens is 250 g/mol. The van der Waals surface area contributed by atoms with Gasteiger partial charge in [-0.25, -0.2) is 4.68 Å². The van der Waals surface area contributed by atoms with Gasteiger partial charge in [-0.1, -0.05) is 0 Å². The minimum atomic E-state index is -0.494. The Balaban J connectivity index is 3.28. The molecule has 19 heavy (non-hydrogen) atoms. The third-order valence-corrected chi connectivity index (χ3v) is 2.97. The molecule has 0 fully saturated rings. The van der Waals surface area contributed by atoms with Crippen LogP contribution in [-0.2, 0) is 7.05 Å². The fraction of sp³-hybridized carbons (Fsp3) is 0.583. The Morgan fingerprint density at radius 2 is 1.79 bits per heavy atom. The lowest BCUT2D eigenvalue weighted by atomic mass is 10.1. The van der Waals surface area contributed by atoms with E-state index in [2.05, 4.69) is 5.10 Å². The van der Waals surface area contributed by atoms with Crippen LogP contribution in [0.1, 0.15) is 21.6 Å². The van der Waals surface area contributed by atoms with E-state index in [-0.39, 0.29) is 31.9 Å². The minimum absolute atomic E-state index is 0.0388. The third-order valence-electron chi connectivity index (χ3n) is 2.97. The monoisotopic (exact) mass is 269 g/mol. The predicted molar refractivity (Wildman–Crippen MR) is 69.0 cm³/mol. The average Bonchev–Trinajstić information content (AvgIpc) is 2.36. The van der Waals surface area contributed by atoms with E-state index in [1.54, 1.807) is 13.8 Å². The van der Waals surface area contributed by atoms with Crippen molar-refractivity contribution < 1.29 is 15.0 Å². The maximum atomic E-state index is 12.3. The lowest BCUT2D eigenvalue weighted by Crippen LogP contribution is -2.41. The van der Waals surface area contributed by atoms with Crippen molar-refractivity contribution in [2.75, 3.05) is 26.3 Å². The Morgan fingerprint density at radius 1 is 1.26 bits per heavy atom. The van der Waals surface area contributed by atoms with Crippen molar-refractivity contribution in [2.24, 2.45) is 7.05 Å². The second-order valence-corrected chi connectivity index (χ2v) is 4.25. The Hall–Kier alpha value is -1.73. The van der Waals surface area contributed by atoms with Crippen molar-refractivity contribution in [3.63, 3.8) is 0 Å². The standard InChI is InChI=1S/C12H19N3O4/c1-8-9(2)13-14(3)11(18)10(8)12(19)15(4-6-16)5-7-17/h16-17H,4-7H2,1-3H3. The summed E-state index contributed by atoms with van der Waals surface area (Å²) in [6.07, 6.45) is 0. The van der Waals surface area contributed by atoms with Crippen LogP contribution in [0.25, 0.3) is 0 Å². The molecule has 1 aromatic rings. The van der Waals surface area contributed by atoms with Crippen molar-refractivity contribution in [2.45, 2.75) is 13.8 Å². The number of nitrogens with zero attached hydrogens (tertiary/aromatic N) is 3. The Morgan fingerprint density at radius 3 is 2.26 bits per heavy atom. The smallest absolute Gasteiger partial charge is 0.279 e. The molecule has 1 aromatic heterocycles. The van der Waals surface area contributed by atoms with Crippen LogP contribution in [0.2, 0.25) is 0 Å². The highest BCUT2D eigenvalue weighted by Gasteiger charge is 2.22. The van der Waals surface area contributed by atoms with Gasteiger partial charge in [-0.05, 0) is 19.4 Å². The van der Waals surface area contributed by atoms with E-state index < -0.39 is 11.5 Å². The van der Waals surface area contributed by atoms with Gasteiger partial charge in [-0.15, -0.1) is 0 Å². The van der Waals surface area contributed by atoms with Gasteiger partial charge in [0, 0.05) is 20.1 Å². The molecule has 106 valence electrons. The van der Waals surface area contributed by atoms with Crippen LogP contribution in [0.3, 0.4) is 0 Å². The zero-order chi connectivity index (χ0) is 14.6. The first-order valence-corrected chi connectivity index (χ1v) is 5.99. The molecule has 1 rings (SSSR count). The molecular formula is C12H19N3O4. The average molecular weight is 269 g/mol. The van der Waals surface area contributed by atoms with E-state index in [0.717, 1.165) is 4.68 Å². The molecule has 1 heterocycles. The van der Waals surface area contributed by atoms with Gasteiger partial charge in [-0.2, -0.15) is 5.10 Å². The van der Waals surface area contributed by atoms with Gasteiger partial charge < -0.3 is 15.1 Å². The Bertz CT molecular complexity index is 518. The maximum Gasteiger partial charge on any atom is 0.279 e. The largest absolute Gasteiger partial charge is 0.395 e. The lowest BCUT2D eigenvalue weighted by molar-refractivity contribution is 0.0681. The number of aliphatic hydroxyl groups is 2. The summed E-state index contributed by atoms with van der Waals surface area (Å²) in [5, 5.41) is 21.9. The first-order valence-electron chi connectivity index (χ1n) is 5.99. The molecule has 7 heteroatoms. The first-order chi connectivity index (χ1) is 8.93. The summed E-state index contributed by atoms with van der Waals surface area (Å²) in [6, 6.07) is 0. The van der Waals surface area contributed by atoms with Crippen molar-refractivity contribution in [1.29, 1.82) is 0 Å². The van der Waals surface area contributed by atoms with Crippen LogP contribution >= 0.6 is 0 Å².